The van der Waals surface area contributed by atoms with Crippen molar-refractivity contribution >= 4 is 11.8 Å². The zero-order valence-electron chi connectivity index (χ0n) is 17.1. The average molecular weight is 428 g/mol. The second-order valence-electron chi connectivity index (χ2n) is 7.97. The van der Waals surface area contributed by atoms with Gasteiger partial charge in [-0.1, -0.05) is 0 Å². The van der Waals surface area contributed by atoms with E-state index in [1.54, 1.807) is 18.6 Å². The highest BCUT2D eigenvalue weighted by atomic mass is 19.1. The average Bonchev–Trinajstić information content (AvgIpc) is 3.29. The summed E-state index contributed by atoms with van der Waals surface area (Å²) >= 11 is 0. The summed E-state index contributed by atoms with van der Waals surface area (Å²) in [5.74, 6) is -1.08. The summed E-state index contributed by atoms with van der Waals surface area (Å²) in [4.78, 5) is 38.4. The first-order valence-corrected chi connectivity index (χ1v) is 10.5. The van der Waals surface area contributed by atoms with Crippen molar-refractivity contribution in [2.75, 3.05) is 13.2 Å². The van der Waals surface area contributed by atoms with Crippen molar-refractivity contribution in [3.8, 4) is 5.75 Å². The number of primary amides is 1. The van der Waals surface area contributed by atoms with E-state index in [2.05, 4.69) is 9.97 Å². The molecule has 1 atom stereocenters. The van der Waals surface area contributed by atoms with Crippen molar-refractivity contribution in [2.24, 2.45) is 17.6 Å². The van der Waals surface area contributed by atoms with Crippen molar-refractivity contribution in [1.82, 2.24) is 15.0 Å². The molecule has 1 aliphatic carbocycles. The normalized spacial score (nSPS) is 23.5. The van der Waals surface area contributed by atoms with Gasteiger partial charge in [-0.15, -0.1) is 0 Å². The van der Waals surface area contributed by atoms with E-state index in [-0.39, 0.29) is 35.1 Å². The van der Waals surface area contributed by atoms with Crippen LogP contribution in [0.1, 0.15) is 54.2 Å². The largest absolute Gasteiger partial charge is 0.490 e. The Hall–Kier alpha value is -3.07. The van der Waals surface area contributed by atoms with Crippen LogP contribution in [0, 0.1) is 17.7 Å². The minimum absolute atomic E-state index is 0.0202. The molecule has 164 valence electrons. The summed E-state index contributed by atoms with van der Waals surface area (Å²) in [5, 5.41) is 1.47. The molecule has 0 radical (unpaired) electrons. The van der Waals surface area contributed by atoms with Crippen molar-refractivity contribution in [3.05, 3.63) is 53.9 Å². The fraction of sp³-hybridized carbons (Fsp3) is 0.455. The van der Waals surface area contributed by atoms with Crippen molar-refractivity contribution < 1.29 is 23.6 Å². The van der Waals surface area contributed by atoms with E-state index in [1.165, 1.54) is 23.3 Å². The van der Waals surface area contributed by atoms with E-state index < -0.39 is 11.7 Å². The number of benzene rings is 1. The minimum Gasteiger partial charge on any atom is -0.490 e. The highest BCUT2D eigenvalue weighted by Gasteiger charge is 2.38. The number of hydroxylamine groups is 2. The summed E-state index contributed by atoms with van der Waals surface area (Å²) in [6.45, 7) is 0.800. The number of ether oxygens (including phenoxy) is 1. The number of hydrogen-bond acceptors (Lipinski definition) is 6. The third kappa shape index (κ3) is 4.82. The molecule has 1 aromatic carbocycles. The number of aromatic nitrogens is 2. The van der Waals surface area contributed by atoms with Gasteiger partial charge in [-0.05, 0) is 49.8 Å². The lowest BCUT2D eigenvalue weighted by Gasteiger charge is -2.31. The second-order valence-corrected chi connectivity index (χ2v) is 7.97. The summed E-state index contributed by atoms with van der Waals surface area (Å²) < 4.78 is 19.6. The molecule has 2 fully saturated rings. The standard InChI is InChI=1S/C22H25FN4O4/c23-17-6-5-16(21(24)28)11-20(17)30-13-14-1-3-15(4-2-14)22(29)27-19(7-10-31-27)18-12-25-8-9-26-18/h5-6,8-9,11-12,14-15,19H,1-4,7,10,13H2,(H2,24,28)/t14?,15?,19-/m0/s1. The quantitative estimate of drug-likeness (QED) is 0.758. The molecule has 4 rings (SSSR count). The van der Waals surface area contributed by atoms with E-state index in [4.69, 9.17) is 15.3 Å². The maximum absolute atomic E-state index is 14.0. The van der Waals surface area contributed by atoms with Gasteiger partial charge in [0, 0.05) is 30.3 Å². The zero-order valence-corrected chi connectivity index (χ0v) is 17.1. The minimum atomic E-state index is -0.632. The molecule has 8 nitrogen and oxygen atoms in total. The van der Waals surface area contributed by atoms with Crippen molar-refractivity contribution in [3.63, 3.8) is 0 Å². The Morgan fingerprint density at radius 3 is 2.71 bits per heavy atom. The van der Waals surface area contributed by atoms with E-state index >= 15 is 0 Å². The molecule has 2 N–H and O–H groups in total. The Morgan fingerprint density at radius 2 is 2.00 bits per heavy atom. The maximum Gasteiger partial charge on any atom is 0.249 e. The Bertz CT molecular complexity index is 934. The molecule has 2 heterocycles. The van der Waals surface area contributed by atoms with Gasteiger partial charge < -0.3 is 10.5 Å². The molecule has 1 saturated heterocycles. The van der Waals surface area contributed by atoms with Crippen molar-refractivity contribution in [1.29, 1.82) is 0 Å². The zero-order chi connectivity index (χ0) is 21.8. The van der Waals surface area contributed by atoms with Gasteiger partial charge >= 0.3 is 0 Å². The van der Waals surface area contributed by atoms with Gasteiger partial charge in [-0.25, -0.2) is 9.45 Å². The number of nitrogens with two attached hydrogens (primary N) is 1. The van der Waals surface area contributed by atoms with Crippen LogP contribution in [0.4, 0.5) is 4.39 Å². The van der Waals surface area contributed by atoms with E-state index in [0.29, 0.717) is 32.5 Å². The van der Waals surface area contributed by atoms with Crippen LogP contribution in [0.2, 0.25) is 0 Å². The number of hydrogen-bond donors (Lipinski definition) is 1. The van der Waals surface area contributed by atoms with Crippen LogP contribution in [0.25, 0.3) is 0 Å². The fourth-order valence-electron chi connectivity index (χ4n) is 4.17. The van der Waals surface area contributed by atoms with E-state index in [0.717, 1.165) is 18.5 Å². The number of carbonyl (C=O) groups excluding carboxylic acids is 2. The summed E-state index contributed by atoms with van der Waals surface area (Å²) in [5.41, 5.74) is 6.18. The summed E-state index contributed by atoms with van der Waals surface area (Å²) in [6, 6.07) is 3.62. The van der Waals surface area contributed by atoms with Crippen molar-refractivity contribution in [2.45, 2.75) is 38.1 Å². The van der Waals surface area contributed by atoms with Gasteiger partial charge in [0.25, 0.3) is 0 Å². The van der Waals surface area contributed by atoms with E-state index in [9.17, 15) is 14.0 Å². The summed E-state index contributed by atoms with van der Waals surface area (Å²) in [6.07, 6.45) is 8.58. The number of amides is 2. The van der Waals surface area contributed by atoms with Gasteiger partial charge in [-0.3, -0.25) is 24.4 Å². The lowest BCUT2D eigenvalue weighted by molar-refractivity contribution is -0.183. The molecule has 1 aliphatic heterocycles. The molecule has 0 bridgehead atoms. The van der Waals surface area contributed by atoms with E-state index in [1.807, 2.05) is 0 Å². The Labute approximate surface area is 179 Å². The first kappa shape index (κ1) is 21.2. The Morgan fingerprint density at radius 1 is 1.19 bits per heavy atom. The fourth-order valence-corrected chi connectivity index (χ4v) is 4.17. The molecular formula is C22H25FN4O4. The number of rotatable bonds is 6. The van der Waals surface area contributed by atoms with Gasteiger partial charge in [0.15, 0.2) is 11.6 Å². The maximum atomic E-state index is 14.0. The van der Waals surface area contributed by atoms with Crippen LogP contribution in [0.5, 0.6) is 5.75 Å². The molecule has 1 aromatic heterocycles. The SMILES string of the molecule is NC(=O)c1ccc(F)c(OCC2CCC(C(=O)N3OCC[C@H]3c3cnccn3)CC2)c1. The van der Waals surface area contributed by atoms with Gasteiger partial charge in [-0.2, -0.15) is 0 Å². The molecule has 2 aliphatic rings. The lowest BCUT2D eigenvalue weighted by Crippen LogP contribution is -2.37. The predicted octanol–water partition coefficient (Wildman–Crippen LogP) is 2.81. The van der Waals surface area contributed by atoms with Crippen LogP contribution in [0.3, 0.4) is 0 Å². The van der Waals surface area contributed by atoms with Gasteiger partial charge in [0.2, 0.25) is 11.8 Å². The topological polar surface area (TPSA) is 108 Å². The lowest BCUT2D eigenvalue weighted by atomic mass is 9.81. The number of carbonyl (C=O) groups is 2. The van der Waals surface area contributed by atoms with Crippen LogP contribution < -0.4 is 10.5 Å². The monoisotopic (exact) mass is 428 g/mol. The van der Waals surface area contributed by atoms with Crippen LogP contribution in [-0.4, -0.2) is 40.1 Å². The molecule has 31 heavy (non-hydrogen) atoms. The van der Waals surface area contributed by atoms with Crippen LogP contribution in [0.15, 0.2) is 36.8 Å². The molecule has 9 heteroatoms. The molecular weight excluding hydrogens is 403 g/mol. The highest BCUT2D eigenvalue weighted by Crippen LogP contribution is 2.35. The molecule has 1 saturated carbocycles. The number of nitrogens with zero attached hydrogens (tertiary/aromatic N) is 3. The summed E-state index contributed by atoms with van der Waals surface area (Å²) in [7, 11) is 0. The first-order chi connectivity index (χ1) is 15.0. The molecule has 2 aromatic rings. The molecule has 2 amide bonds. The predicted molar refractivity (Wildman–Crippen MR) is 108 cm³/mol. The molecule has 0 spiro atoms. The Kier molecular flexibility index (Phi) is 6.41. The third-order valence-electron chi connectivity index (χ3n) is 5.93. The smallest absolute Gasteiger partial charge is 0.249 e. The van der Waals surface area contributed by atoms with Gasteiger partial charge in [0.05, 0.1) is 25.1 Å². The highest BCUT2D eigenvalue weighted by molar-refractivity contribution is 5.93. The van der Waals surface area contributed by atoms with Crippen LogP contribution >= 0.6 is 0 Å². The van der Waals surface area contributed by atoms with Crippen LogP contribution in [-0.2, 0) is 9.63 Å². The molecule has 0 unspecified atom stereocenters. The first-order valence-electron chi connectivity index (χ1n) is 10.5. The van der Waals surface area contributed by atoms with Gasteiger partial charge in [0.1, 0.15) is 6.04 Å². The second kappa shape index (κ2) is 9.38. The number of halogens is 1. The third-order valence-corrected chi connectivity index (χ3v) is 5.93. The Balaban J connectivity index is 1.30.